The summed E-state index contributed by atoms with van der Waals surface area (Å²) in [6.45, 7) is 0. The fourth-order valence-corrected chi connectivity index (χ4v) is 3.93. The van der Waals surface area contributed by atoms with Crippen LogP contribution in [0.4, 0.5) is 5.69 Å². The van der Waals surface area contributed by atoms with Gasteiger partial charge in [0, 0.05) is 19.9 Å². The highest BCUT2D eigenvalue weighted by atomic mass is 127. The van der Waals surface area contributed by atoms with Gasteiger partial charge in [-0.3, -0.25) is 0 Å². The zero-order valence-electron chi connectivity index (χ0n) is 9.90. The Hall–Kier alpha value is -0.680. The first-order valence-electron chi connectivity index (χ1n) is 6.07. The Balaban J connectivity index is 1.89. The van der Waals surface area contributed by atoms with E-state index in [1.54, 1.807) is 0 Å². The van der Waals surface area contributed by atoms with Crippen LogP contribution in [0.2, 0.25) is 0 Å². The Labute approximate surface area is 126 Å². The quantitative estimate of drug-likeness (QED) is 0.755. The van der Waals surface area contributed by atoms with Crippen molar-refractivity contribution in [3.05, 3.63) is 57.7 Å². The lowest BCUT2D eigenvalue weighted by Crippen LogP contribution is -2.16. The van der Waals surface area contributed by atoms with E-state index in [0.29, 0.717) is 6.04 Å². The minimum absolute atomic E-state index is 0.443. The van der Waals surface area contributed by atoms with Crippen molar-refractivity contribution in [2.45, 2.75) is 17.4 Å². The zero-order chi connectivity index (χ0) is 12.4. The van der Waals surface area contributed by atoms with E-state index in [9.17, 15) is 0 Å². The number of thioether (sulfide) groups is 1. The SMILES string of the molecule is Ic1ccccc1NC1CCSc2ccccc21. The number of rotatable bonds is 2. The summed E-state index contributed by atoms with van der Waals surface area (Å²) in [5.41, 5.74) is 2.68. The summed E-state index contributed by atoms with van der Waals surface area (Å²) < 4.78 is 1.28. The van der Waals surface area contributed by atoms with Crippen LogP contribution in [0, 0.1) is 3.57 Å². The van der Waals surface area contributed by atoms with Crippen molar-refractivity contribution in [2.24, 2.45) is 0 Å². The summed E-state index contributed by atoms with van der Waals surface area (Å²) in [4.78, 5) is 1.42. The molecule has 18 heavy (non-hydrogen) atoms. The zero-order valence-corrected chi connectivity index (χ0v) is 12.9. The van der Waals surface area contributed by atoms with Gasteiger partial charge in [-0.05, 0) is 52.8 Å². The molecule has 2 aromatic rings. The lowest BCUT2D eigenvalue weighted by molar-refractivity contribution is 0.728. The van der Waals surface area contributed by atoms with Crippen molar-refractivity contribution >= 4 is 40.0 Å². The Morgan fingerprint density at radius 3 is 2.72 bits per heavy atom. The second-order valence-corrected chi connectivity index (χ2v) is 6.65. The van der Waals surface area contributed by atoms with Gasteiger partial charge in [-0.15, -0.1) is 11.8 Å². The molecule has 0 radical (unpaired) electrons. The molecule has 3 rings (SSSR count). The monoisotopic (exact) mass is 367 g/mol. The van der Waals surface area contributed by atoms with Gasteiger partial charge in [0.1, 0.15) is 0 Å². The highest BCUT2D eigenvalue weighted by Gasteiger charge is 2.20. The molecule has 1 heterocycles. The van der Waals surface area contributed by atoms with Gasteiger partial charge in [0.25, 0.3) is 0 Å². The van der Waals surface area contributed by atoms with E-state index >= 15 is 0 Å². The second kappa shape index (κ2) is 5.53. The normalized spacial score (nSPS) is 18.2. The predicted molar refractivity (Wildman–Crippen MR) is 87.3 cm³/mol. The fourth-order valence-electron chi connectivity index (χ4n) is 2.26. The molecule has 0 bridgehead atoms. The van der Waals surface area contributed by atoms with Gasteiger partial charge in [-0.25, -0.2) is 0 Å². The summed E-state index contributed by atoms with van der Waals surface area (Å²) >= 11 is 4.35. The van der Waals surface area contributed by atoms with Gasteiger partial charge >= 0.3 is 0 Å². The molecular weight excluding hydrogens is 353 g/mol. The van der Waals surface area contributed by atoms with Crippen molar-refractivity contribution < 1.29 is 0 Å². The van der Waals surface area contributed by atoms with Crippen molar-refractivity contribution in [3.63, 3.8) is 0 Å². The van der Waals surface area contributed by atoms with Crippen molar-refractivity contribution in [3.8, 4) is 0 Å². The molecule has 1 unspecified atom stereocenters. The summed E-state index contributed by atoms with van der Waals surface area (Å²) in [5, 5.41) is 3.68. The molecule has 2 aromatic carbocycles. The summed E-state index contributed by atoms with van der Waals surface area (Å²) in [7, 11) is 0. The van der Waals surface area contributed by atoms with Crippen LogP contribution in [-0.4, -0.2) is 5.75 Å². The lowest BCUT2D eigenvalue weighted by Gasteiger charge is -2.27. The molecule has 0 saturated carbocycles. The van der Waals surface area contributed by atoms with E-state index in [-0.39, 0.29) is 0 Å². The average molecular weight is 367 g/mol. The standard InChI is InChI=1S/C15H14INS/c16-12-6-2-3-7-14(12)17-13-9-10-18-15-8-4-1-5-11(13)15/h1-8,13,17H,9-10H2. The molecule has 0 saturated heterocycles. The number of para-hydroxylation sites is 1. The maximum absolute atomic E-state index is 3.68. The highest BCUT2D eigenvalue weighted by Crippen LogP contribution is 2.38. The third-order valence-corrected chi connectivity index (χ3v) is 5.23. The number of hydrogen-bond acceptors (Lipinski definition) is 2. The van der Waals surface area contributed by atoms with E-state index < -0.39 is 0 Å². The van der Waals surface area contributed by atoms with E-state index in [4.69, 9.17) is 0 Å². The van der Waals surface area contributed by atoms with Crippen LogP contribution in [0.5, 0.6) is 0 Å². The molecule has 0 amide bonds. The minimum atomic E-state index is 0.443. The van der Waals surface area contributed by atoms with Crippen LogP contribution >= 0.6 is 34.4 Å². The molecule has 1 aliphatic rings. The summed E-state index contributed by atoms with van der Waals surface area (Å²) in [6.07, 6.45) is 1.19. The van der Waals surface area contributed by atoms with Crippen LogP contribution in [0.1, 0.15) is 18.0 Å². The third-order valence-electron chi connectivity index (χ3n) is 3.16. The number of nitrogens with one attached hydrogen (secondary N) is 1. The smallest absolute Gasteiger partial charge is 0.0533 e. The Morgan fingerprint density at radius 1 is 1.06 bits per heavy atom. The molecule has 1 atom stereocenters. The maximum atomic E-state index is 3.68. The molecule has 0 spiro atoms. The second-order valence-electron chi connectivity index (χ2n) is 4.35. The van der Waals surface area contributed by atoms with Gasteiger partial charge in [0.05, 0.1) is 6.04 Å². The highest BCUT2D eigenvalue weighted by molar-refractivity contribution is 14.1. The van der Waals surface area contributed by atoms with E-state index in [2.05, 4.69) is 76.4 Å². The first-order valence-corrected chi connectivity index (χ1v) is 8.14. The maximum Gasteiger partial charge on any atom is 0.0533 e. The molecule has 0 aliphatic carbocycles. The number of halogens is 1. The van der Waals surface area contributed by atoms with Gasteiger partial charge in [-0.2, -0.15) is 0 Å². The van der Waals surface area contributed by atoms with Crippen LogP contribution in [0.15, 0.2) is 53.4 Å². The van der Waals surface area contributed by atoms with Gasteiger partial charge in [0.2, 0.25) is 0 Å². The number of anilines is 1. The van der Waals surface area contributed by atoms with E-state index in [1.807, 2.05) is 11.8 Å². The number of hydrogen-bond donors (Lipinski definition) is 1. The molecule has 3 heteroatoms. The Morgan fingerprint density at radius 2 is 1.83 bits per heavy atom. The number of fused-ring (bicyclic) bond motifs is 1. The molecule has 0 fully saturated rings. The first-order chi connectivity index (χ1) is 8.84. The molecule has 1 nitrogen and oxygen atoms in total. The van der Waals surface area contributed by atoms with E-state index in [1.165, 1.54) is 31.9 Å². The minimum Gasteiger partial charge on any atom is -0.377 e. The van der Waals surface area contributed by atoms with Crippen molar-refractivity contribution in [1.29, 1.82) is 0 Å². The average Bonchev–Trinajstić information content (AvgIpc) is 2.42. The molecular formula is C15H14INS. The predicted octanol–water partition coefficient (Wildman–Crippen LogP) is 4.94. The largest absolute Gasteiger partial charge is 0.377 e. The third kappa shape index (κ3) is 2.52. The van der Waals surface area contributed by atoms with Crippen molar-refractivity contribution in [2.75, 3.05) is 11.1 Å². The lowest BCUT2D eigenvalue weighted by atomic mass is 10.0. The Bertz CT molecular complexity index is 556. The molecule has 1 N–H and O–H groups in total. The topological polar surface area (TPSA) is 12.0 Å². The first kappa shape index (κ1) is 12.4. The summed E-state index contributed by atoms with van der Waals surface area (Å²) in [6, 6.07) is 17.6. The Kier molecular flexibility index (Phi) is 3.80. The van der Waals surface area contributed by atoms with Gasteiger partial charge in [-0.1, -0.05) is 30.3 Å². The molecule has 0 aromatic heterocycles. The van der Waals surface area contributed by atoms with Gasteiger partial charge in [0.15, 0.2) is 0 Å². The van der Waals surface area contributed by atoms with Crippen LogP contribution in [0.25, 0.3) is 0 Å². The van der Waals surface area contributed by atoms with Crippen LogP contribution in [-0.2, 0) is 0 Å². The van der Waals surface area contributed by atoms with E-state index in [0.717, 1.165) is 0 Å². The van der Waals surface area contributed by atoms with Crippen LogP contribution in [0.3, 0.4) is 0 Å². The van der Waals surface area contributed by atoms with Crippen LogP contribution < -0.4 is 5.32 Å². The van der Waals surface area contributed by atoms with Gasteiger partial charge < -0.3 is 5.32 Å². The fraction of sp³-hybridized carbons (Fsp3) is 0.200. The van der Waals surface area contributed by atoms with Crippen molar-refractivity contribution in [1.82, 2.24) is 0 Å². The summed E-state index contributed by atoms with van der Waals surface area (Å²) in [5.74, 6) is 1.19. The molecule has 1 aliphatic heterocycles. The number of benzene rings is 2. The molecule has 92 valence electrons.